The van der Waals surface area contributed by atoms with Crippen LogP contribution >= 0.6 is 11.6 Å². The van der Waals surface area contributed by atoms with Crippen LogP contribution in [0.4, 0.5) is 0 Å². The molecule has 0 atom stereocenters. The van der Waals surface area contributed by atoms with Crippen LogP contribution in [0, 0.1) is 13.8 Å². The lowest BCUT2D eigenvalue weighted by molar-refractivity contribution is 0.107. The molecule has 1 heterocycles. The number of hydrogen-bond acceptors (Lipinski definition) is 1. The van der Waals surface area contributed by atoms with Crippen LogP contribution in [0.25, 0.3) is 0 Å². The maximum absolute atomic E-state index is 11.0. The first kappa shape index (κ1) is 4.99. The first-order valence-corrected chi connectivity index (χ1v) is 3.52. The fourth-order valence-electron chi connectivity index (χ4n) is 1.04. The van der Waals surface area contributed by atoms with Crippen molar-refractivity contribution in [1.82, 2.24) is 4.57 Å². The molecule has 0 aromatic carbocycles. The predicted molar refractivity (Wildman–Crippen MR) is 45.1 cm³/mol. The average molecular weight is 175 g/mol. The molecule has 11 heavy (non-hydrogen) atoms. The van der Waals surface area contributed by atoms with Gasteiger partial charge in [-0.15, -0.1) is 0 Å². The Hall–Kier alpha value is -0.760. The lowest BCUT2D eigenvalue weighted by Gasteiger charge is -1.99. The summed E-state index contributed by atoms with van der Waals surface area (Å²) in [7, 11) is 0. The number of rotatable bonds is 1. The molecule has 0 N–H and O–H groups in total. The van der Waals surface area contributed by atoms with Crippen molar-refractivity contribution in [3.05, 3.63) is 23.0 Å². The second-order valence-corrected chi connectivity index (χ2v) is 2.77. The maximum Gasteiger partial charge on any atom is 0.269 e. The summed E-state index contributed by atoms with van der Waals surface area (Å²) < 4.78 is 22.7. The normalized spacial score (nSPS) is 15.4. The fourth-order valence-corrected chi connectivity index (χ4v) is 1.28. The van der Waals surface area contributed by atoms with Gasteiger partial charge in [-0.05, 0) is 37.1 Å². The summed E-state index contributed by atoms with van der Waals surface area (Å²) in [6.45, 7) is 0.922. The fraction of sp³-hybridized carbons (Fsp3) is 0.375. The highest BCUT2D eigenvalue weighted by Gasteiger charge is 2.11. The van der Waals surface area contributed by atoms with Crippen LogP contribution < -0.4 is 0 Å². The van der Waals surface area contributed by atoms with E-state index in [4.69, 9.17) is 15.7 Å². The van der Waals surface area contributed by atoms with Crippen molar-refractivity contribution in [2.75, 3.05) is 0 Å². The molecule has 3 heteroatoms. The molecule has 2 nitrogen and oxygen atoms in total. The first-order valence-electron chi connectivity index (χ1n) is 4.64. The highest BCUT2D eigenvalue weighted by Crippen LogP contribution is 2.14. The minimum absolute atomic E-state index is 0.0455. The van der Waals surface area contributed by atoms with Gasteiger partial charge in [-0.1, -0.05) is 0 Å². The van der Waals surface area contributed by atoms with Gasteiger partial charge in [0.05, 0.1) is 0 Å². The van der Waals surface area contributed by atoms with Crippen molar-refractivity contribution in [1.29, 1.82) is 0 Å². The lowest BCUT2D eigenvalue weighted by atomic mass is 10.3. The van der Waals surface area contributed by atoms with E-state index in [1.807, 2.05) is 0 Å². The van der Waals surface area contributed by atoms with Gasteiger partial charge in [0.1, 0.15) is 5.69 Å². The van der Waals surface area contributed by atoms with E-state index < -0.39 is 12.2 Å². The van der Waals surface area contributed by atoms with E-state index in [0.29, 0.717) is 11.3 Å². The SMILES string of the molecule is [2H]C([2H])([2H])n1c(C)cc(C)c1C(=O)Cl. The number of aromatic nitrogens is 1. The minimum Gasteiger partial charge on any atom is -0.344 e. The van der Waals surface area contributed by atoms with Crippen molar-refractivity contribution in [2.45, 2.75) is 13.8 Å². The smallest absolute Gasteiger partial charge is 0.269 e. The van der Waals surface area contributed by atoms with Gasteiger partial charge in [-0.25, -0.2) is 0 Å². The van der Waals surface area contributed by atoms with Gasteiger partial charge in [-0.2, -0.15) is 0 Å². The number of carbonyl (C=O) groups excluding carboxylic acids is 1. The van der Waals surface area contributed by atoms with E-state index in [9.17, 15) is 4.79 Å². The Labute approximate surface area is 75.0 Å². The van der Waals surface area contributed by atoms with Crippen LogP contribution in [-0.2, 0) is 6.98 Å². The number of aryl methyl sites for hydroxylation is 2. The third-order valence-corrected chi connectivity index (χ3v) is 1.74. The standard InChI is InChI=1S/C8H10ClNO/c1-5-4-6(2)10(3)7(5)8(9)11/h4H,1-3H3/i3D3. The van der Waals surface area contributed by atoms with Crippen LogP contribution in [0.1, 0.15) is 25.9 Å². The summed E-state index contributed by atoms with van der Waals surface area (Å²) >= 11 is 5.32. The molecule has 0 spiro atoms. The van der Waals surface area contributed by atoms with Gasteiger partial charge in [-0.3, -0.25) is 4.79 Å². The van der Waals surface area contributed by atoms with E-state index in [-0.39, 0.29) is 5.69 Å². The highest BCUT2D eigenvalue weighted by molar-refractivity contribution is 6.67. The summed E-state index contributed by atoms with van der Waals surface area (Å²) in [5.41, 5.74) is 1.13. The molecule has 0 aliphatic rings. The summed E-state index contributed by atoms with van der Waals surface area (Å²) in [4.78, 5) is 11.0. The molecule has 0 unspecified atom stereocenters. The summed E-state index contributed by atoms with van der Waals surface area (Å²) in [5, 5.41) is -0.744. The quantitative estimate of drug-likeness (QED) is 0.598. The van der Waals surface area contributed by atoms with E-state index >= 15 is 0 Å². The molecule has 1 aromatic rings. The Bertz CT molecular complexity index is 381. The topological polar surface area (TPSA) is 22.0 Å². The zero-order valence-electron chi connectivity index (χ0n) is 9.31. The molecule has 0 saturated carbocycles. The number of carbonyl (C=O) groups is 1. The third-order valence-electron chi connectivity index (χ3n) is 1.56. The Morgan fingerprint density at radius 2 is 2.36 bits per heavy atom. The predicted octanol–water partition coefficient (Wildman–Crippen LogP) is 2.02. The van der Waals surface area contributed by atoms with Crippen molar-refractivity contribution in [3.8, 4) is 0 Å². The minimum atomic E-state index is -2.36. The van der Waals surface area contributed by atoms with E-state index in [1.54, 1.807) is 19.9 Å². The molecule has 0 fully saturated rings. The molecule has 0 radical (unpaired) electrons. The Kier molecular flexibility index (Phi) is 1.22. The molecule has 0 saturated heterocycles. The van der Waals surface area contributed by atoms with E-state index in [2.05, 4.69) is 0 Å². The maximum atomic E-state index is 11.0. The molecule has 1 rings (SSSR count). The number of nitrogens with zero attached hydrogens (tertiary/aromatic N) is 1. The third kappa shape index (κ3) is 1.31. The number of halogens is 1. The van der Waals surface area contributed by atoms with Crippen molar-refractivity contribution >= 4 is 16.8 Å². The summed E-state index contributed by atoms with van der Waals surface area (Å²) in [6.07, 6.45) is 0. The van der Waals surface area contributed by atoms with Gasteiger partial charge in [0, 0.05) is 16.8 Å². The lowest BCUT2D eigenvalue weighted by Crippen LogP contribution is -2.02. The average Bonchev–Trinajstić information content (AvgIpc) is 2.23. The molecule has 0 bridgehead atoms. The van der Waals surface area contributed by atoms with Gasteiger partial charge >= 0.3 is 0 Å². The van der Waals surface area contributed by atoms with Crippen LogP contribution in [0.15, 0.2) is 6.07 Å². The summed E-state index contributed by atoms with van der Waals surface area (Å²) in [5.74, 6) is 0. The van der Waals surface area contributed by atoms with Crippen LogP contribution in [0.3, 0.4) is 0 Å². The van der Waals surface area contributed by atoms with E-state index in [0.717, 1.165) is 4.57 Å². The Balaban J connectivity index is 3.48. The van der Waals surface area contributed by atoms with Gasteiger partial charge in [0.25, 0.3) is 5.24 Å². The highest BCUT2D eigenvalue weighted by atomic mass is 35.5. The Morgan fingerprint density at radius 3 is 2.73 bits per heavy atom. The molecule has 60 valence electrons. The zero-order chi connectivity index (χ0) is 11.1. The zero-order valence-corrected chi connectivity index (χ0v) is 7.07. The monoisotopic (exact) mass is 174 g/mol. The number of hydrogen-bond donors (Lipinski definition) is 0. The molecule has 1 aromatic heterocycles. The second kappa shape index (κ2) is 2.70. The van der Waals surface area contributed by atoms with Crippen LogP contribution in [0.5, 0.6) is 0 Å². The second-order valence-electron chi connectivity index (χ2n) is 2.43. The Morgan fingerprint density at radius 1 is 1.73 bits per heavy atom. The molecule has 0 aliphatic heterocycles. The van der Waals surface area contributed by atoms with Gasteiger partial charge < -0.3 is 4.57 Å². The largest absolute Gasteiger partial charge is 0.344 e. The van der Waals surface area contributed by atoms with E-state index in [1.165, 1.54) is 0 Å². The van der Waals surface area contributed by atoms with Gasteiger partial charge in [0.15, 0.2) is 0 Å². The van der Waals surface area contributed by atoms with Crippen LogP contribution in [-0.4, -0.2) is 9.81 Å². The summed E-state index contributed by atoms with van der Waals surface area (Å²) in [6, 6.07) is 1.63. The van der Waals surface area contributed by atoms with Crippen molar-refractivity contribution in [3.63, 3.8) is 0 Å². The van der Waals surface area contributed by atoms with Crippen LogP contribution in [0.2, 0.25) is 0 Å². The van der Waals surface area contributed by atoms with Crippen molar-refractivity contribution in [2.24, 2.45) is 6.98 Å². The molecular formula is C8H10ClNO. The van der Waals surface area contributed by atoms with Crippen molar-refractivity contribution < 1.29 is 8.91 Å². The van der Waals surface area contributed by atoms with Gasteiger partial charge in [0.2, 0.25) is 0 Å². The first-order chi connectivity index (χ1) is 6.25. The molecular weight excluding hydrogens is 162 g/mol. The molecule has 0 amide bonds. The molecule has 0 aliphatic carbocycles.